The van der Waals surface area contributed by atoms with E-state index in [4.69, 9.17) is 0 Å². The van der Waals surface area contributed by atoms with Gasteiger partial charge in [0.1, 0.15) is 5.82 Å². The van der Waals surface area contributed by atoms with E-state index >= 15 is 0 Å². The lowest BCUT2D eigenvalue weighted by atomic mass is 10.1. The normalized spacial score (nSPS) is 15.4. The molecule has 0 unspecified atom stereocenters. The molecule has 1 aromatic carbocycles. The summed E-state index contributed by atoms with van der Waals surface area (Å²) in [6.07, 6.45) is 1.73. The maximum atomic E-state index is 14.1. The molecule has 0 amide bonds. The quantitative estimate of drug-likeness (QED) is 0.645. The molecule has 0 aliphatic carbocycles. The number of nitrogens with zero attached hydrogens (tertiary/aromatic N) is 4. The number of anilines is 1. The van der Waals surface area contributed by atoms with Gasteiger partial charge in [0.25, 0.3) is 5.56 Å². The highest BCUT2D eigenvalue weighted by atomic mass is 32.1. The third-order valence-corrected chi connectivity index (χ3v) is 5.56. The average molecular weight is 386 g/mol. The lowest BCUT2D eigenvalue weighted by Gasteiger charge is -2.36. The van der Waals surface area contributed by atoms with E-state index in [1.165, 1.54) is 24.3 Å². The predicted octanol–water partition coefficient (Wildman–Crippen LogP) is 2.42. The monoisotopic (exact) mass is 386 g/mol. The van der Waals surface area contributed by atoms with Crippen molar-refractivity contribution in [1.82, 2.24) is 14.3 Å². The van der Waals surface area contributed by atoms with Crippen molar-refractivity contribution in [3.8, 4) is 0 Å². The summed E-state index contributed by atoms with van der Waals surface area (Å²) < 4.78 is 15.6. The number of carbonyl (C=O) groups is 1. The smallest absolute Gasteiger partial charge is 0.258 e. The summed E-state index contributed by atoms with van der Waals surface area (Å²) in [4.78, 5) is 33.4. The fraction of sp³-hybridized carbons (Fsp3) is 0.316. The topological polar surface area (TPSA) is 57.9 Å². The van der Waals surface area contributed by atoms with Crippen LogP contribution in [0.4, 0.5) is 10.1 Å². The summed E-state index contributed by atoms with van der Waals surface area (Å²) in [5.41, 5.74) is 1.49. The molecule has 6 nitrogen and oxygen atoms in total. The van der Waals surface area contributed by atoms with E-state index in [1.807, 2.05) is 10.3 Å². The van der Waals surface area contributed by atoms with Gasteiger partial charge in [-0.05, 0) is 19.1 Å². The SMILES string of the molecule is CC(=O)c1c(F)cccc1N1CCN(Cc2cc(=O)n3ccsc3n2)CC1. The minimum atomic E-state index is -0.476. The zero-order valence-electron chi connectivity index (χ0n) is 14.9. The molecular weight excluding hydrogens is 367 g/mol. The van der Waals surface area contributed by atoms with Crippen LogP contribution in [0.2, 0.25) is 0 Å². The summed E-state index contributed by atoms with van der Waals surface area (Å²) in [6.45, 7) is 4.86. The Morgan fingerprint density at radius 1 is 1.26 bits per heavy atom. The van der Waals surface area contributed by atoms with Crippen LogP contribution in [-0.2, 0) is 6.54 Å². The zero-order valence-corrected chi connectivity index (χ0v) is 15.7. The lowest BCUT2D eigenvalue weighted by Crippen LogP contribution is -2.46. The fourth-order valence-corrected chi connectivity index (χ4v) is 4.21. The number of ketones is 1. The molecule has 3 aromatic rings. The fourth-order valence-electron chi connectivity index (χ4n) is 3.47. The van der Waals surface area contributed by atoms with Crippen LogP contribution in [0.3, 0.4) is 0 Å². The van der Waals surface area contributed by atoms with Crippen LogP contribution in [0.5, 0.6) is 0 Å². The van der Waals surface area contributed by atoms with Crippen LogP contribution in [0, 0.1) is 5.82 Å². The highest BCUT2D eigenvalue weighted by Gasteiger charge is 2.23. The van der Waals surface area contributed by atoms with Crippen LogP contribution < -0.4 is 10.5 Å². The molecule has 0 radical (unpaired) electrons. The molecule has 1 aliphatic heterocycles. The molecule has 0 bridgehead atoms. The minimum Gasteiger partial charge on any atom is -0.368 e. The molecule has 2 aromatic heterocycles. The van der Waals surface area contributed by atoms with Gasteiger partial charge in [-0.3, -0.25) is 18.9 Å². The summed E-state index contributed by atoms with van der Waals surface area (Å²) in [7, 11) is 0. The Balaban J connectivity index is 1.47. The maximum Gasteiger partial charge on any atom is 0.258 e. The lowest BCUT2D eigenvalue weighted by molar-refractivity contribution is 0.101. The molecule has 1 saturated heterocycles. The van der Waals surface area contributed by atoms with Crippen molar-refractivity contribution in [3.63, 3.8) is 0 Å². The van der Waals surface area contributed by atoms with E-state index in [1.54, 1.807) is 28.8 Å². The number of thiazole rings is 1. The maximum absolute atomic E-state index is 14.1. The largest absolute Gasteiger partial charge is 0.368 e. The molecule has 27 heavy (non-hydrogen) atoms. The highest BCUT2D eigenvalue weighted by molar-refractivity contribution is 7.15. The number of carbonyl (C=O) groups excluding carboxylic acids is 1. The van der Waals surface area contributed by atoms with Crippen molar-refractivity contribution in [2.75, 3.05) is 31.1 Å². The van der Waals surface area contributed by atoms with Crippen LogP contribution in [-0.4, -0.2) is 46.2 Å². The summed E-state index contributed by atoms with van der Waals surface area (Å²) in [5, 5.41) is 1.85. The van der Waals surface area contributed by atoms with Crippen LogP contribution in [0.1, 0.15) is 23.0 Å². The van der Waals surface area contributed by atoms with E-state index in [0.29, 0.717) is 30.3 Å². The standard InChI is InChI=1S/C19H19FN4O2S/c1-13(25)18-15(20)3-2-4-16(18)23-7-5-22(6-8-23)12-14-11-17(26)24-9-10-27-19(24)21-14/h2-4,9-11H,5-8,12H2,1H3. The van der Waals surface area contributed by atoms with E-state index in [0.717, 1.165) is 18.8 Å². The van der Waals surface area contributed by atoms with Gasteiger partial charge in [-0.15, -0.1) is 11.3 Å². The predicted molar refractivity (Wildman–Crippen MR) is 103 cm³/mol. The second kappa shape index (κ2) is 7.21. The Labute approximate surface area is 159 Å². The van der Waals surface area contributed by atoms with E-state index in [-0.39, 0.29) is 16.9 Å². The minimum absolute atomic E-state index is 0.0688. The number of halogens is 1. The van der Waals surface area contributed by atoms with E-state index in [9.17, 15) is 14.0 Å². The molecule has 0 atom stereocenters. The molecule has 3 heterocycles. The molecular formula is C19H19FN4O2S. The Kier molecular flexibility index (Phi) is 4.75. The number of rotatable bonds is 4. The second-order valence-electron chi connectivity index (χ2n) is 6.59. The molecule has 0 spiro atoms. The first-order chi connectivity index (χ1) is 13.0. The van der Waals surface area contributed by atoms with E-state index < -0.39 is 5.82 Å². The van der Waals surface area contributed by atoms with Crippen LogP contribution >= 0.6 is 11.3 Å². The number of hydrogen-bond acceptors (Lipinski definition) is 6. The van der Waals surface area contributed by atoms with Crippen LogP contribution in [0.15, 0.2) is 40.6 Å². The van der Waals surface area contributed by atoms with Crippen molar-refractivity contribution in [2.24, 2.45) is 0 Å². The third-order valence-electron chi connectivity index (χ3n) is 4.80. The van der Waals surface area contributed by atoms with Crippen molar-refractivity contribution < 1.29 is 9.18 Å². The van der Waals surface area contributed by atoms with Gasteiger partial charge in [0, 0.05) is 50.4 Å². The molecule has 140 valence electrons. The van der Waals surface area contributed by atoms with Crippen molar-refractivity contribution >= 4 is 27.8 Å². The highest BCUT2D eigenvalue weighted by Crippen LogP contribution is 2.25. The molecule has 0 N–H and O–H groups in total. The first-order valence-electron chi connectivity index (χ1n) is 8.75. The number of piperazine rings is 1. The first-order valence-corrected chi connectivity index (χ1v) is 9.63. The zero-order chi connectivity index (χ0) is 19.0. The van der Waals surface area contributed by atoms with Gasteiger partial charge in [0.05, 0.1) is 16.9 Å². The average Bonchev–Trinajstić information content (AvgIpc) is 3.11. The van der Waals surface area contributed by atoms with Gasteiger partial charge in [0.2, 0.25) is 0 Å². The molecule has 1 aliphatic rings. The van der Waals surface area contributed by atoms with Crippen molar-refractivity contribution in [3.05, 3.63) is 63.3 Å². The number of aromatic nitrogens is 2. The van der Waals surface area contributed by atoms with E-state index in [2.05, 4.69) is 9.88 Å². The molecule has 0 saturated carbocycles. The first kappa shape index (κ1) is 17.8. The van der Waals surface area contributed by atoms with Gasteiger partial charge in [-0.1, -0.05) is 6.07 Å². The van der Waals surface area contributed by atoms with Gasteiger partial charge >= 0.3 is 0 Å². The third kappa shape index (κ3) is 3.50. The van der Waals surface area contributed by atoms with Gasteiger partial charge < -0.3 is 4.90 Å². The van der Waals surface area contributed by atoms with Crippen LogP contribution in [0.25, 0.3) is 4.96 Å². The van der Waals surface area contributed by atoms with Crippen molar-refractivity contribution in [1.29, 1.82) is 0 Å². The Morgan fingerprint density at radius 2 is 2.04 bits per heavy atom. The summed E-state index contributed by atoms with van der Waals surface area (Å²) in [5.74, 6) is -0.740. The van der Waals surface area contributed by atoms with Gasteiger partial charge in [0.15, 0.2) is 10.7 Å². The Bertz CT molecular complexity index is 1050. The number of benzene rings is 1. The molecule has 4 rings (SSSR count). The number of Topliss-reactive ketones (excluding diaryl/α,β-unsaturated/α-hetero) is 1. The van der Waals surface area contributed by atoms with Crippen molar-refractivity contribution in [2.45, 2.75) is 13.5 Å². The molecule has 1 fully saturated rings. The number of hydrogen-bond donors (Lipinski definition) is 0. The summed E-state index contributed by atoms with van der Waals surface area (Å²) >= 11 is 1.44. The van der Waals surface area contributed by atoms with Gasteiger partial charge in [-0.2, -0.15) is 0 Å². The number of fused-ring (bicyclic) bond motifs is 1. The van der Waals surface area contributed by atoms with Gasteiger partial charge in [-0.25, -0.2) is 9.37 Å². The Hall–Kier alpha value is -2.58. The second-order valence-corrected chi connectivity index (χ2v) is 7.47. The Morgan fingerprint density at radius 3 is 2.78 bits per heavy atom. The molecule has 8 heteroatoms. The summed E-state index contributed by atoms with van der Waals surface area (Å²) in [6, 6.07) is 6.33.